The molecule has 3 aliphatic heterocycles. The smallest absolute Gasteiger partial charge is 0.143 e. The second-order valence-corrected chi connectivity index (χ2v) is 11.0. The van der Waals surface area contributed by atoms with Crippen LogP contribution in [0.2, 0.25) is 0 Å². The van der Waals surface area contributed by atoms with Crippen molar-refractivity contribution >= 4 is 16.7 Å². The van der Waals surface area contributed by atoms with Crippen LogP contribution in [0.3, 0.4) is 0 Å². The molecule has 7 heteroatoms. The number of nitrogens with one attached hydrogen (secondary N) is 1. The Balaban J connectivity index is 1.17. The highest BCUT2D eigenvalue weighted by atomic mass is 16.5. The van der Waals surface area contributed by atoms with Crippen LogP contribution in [-0.4, -0.2) is 84.3 Å². The molecule has 5 heterocycles. The molecule has 2 unspecified atom stereocenters. The van der Waals surface area contributed by atoms with Crippen molar-refractivity contribution in [3.63, 3.8) is 0 Å². The fraction of sp³-hybridized carbons (Fsp3) is 0.367. The quantitative estimate of drug-likeness (QED) is 0.446. The first-order valence-corrected chi connectivity index (χ1v) is 13.2. The number of aromatic nitrogens is 2. The Labute approximate surface area is 217 Å². The van der Waals surface area contributed by atoms with E-state index in [4.69, 9.17) is 9.72 Å². The largest absolute Gasteiger partial charge is 0.489 e. The van der Waals surface area contributed by atoms with E-state index >= 15 is 0 Å². The van der Waals surface area contributed by atoms with E-state index in [1.807, 2.05) is 12.4 Å². The summed E-state index contributed by atoms with van der Waals surface area (Å²) in [6, 6.07) is 17.5. The lowest BCUT2D eigenvalue weighted by molar-refractivity contribution is 0.00901. The summed E-state index contributed by atoms with van der Waals surface area (Å²) >= 11 is 0. The molecule has 0 spiro atoms. The summed E-state index contributed by atoms with van der Waals surface area (Å²) in [5.74, 6) is 1.28. The first kappa shape index (κ1) is 22.8. The van der Waals surface area contributed by atoms with Gasteiger partial charge in [0.2, 0.25) is 0 Å². The standard InChI is InChI=1S/C30H33N5O2/c1-33-9-10-35-24(17-33)18-37-28-12-21(7-8-27(28)35)22-11-25-26(14-32-30(25)31-13-22)19-3-5-20(6-4-19)29(36)23-15-34(2)16-23/h3-8,11-14,23-24,29,36H,9-10,15-18H2,1-2H3,(H,31,32). The van der Waals surface area contributed by atoms with Crippen LogP contribution in [0.15, 0.2) is 60.9 Å². The number of nitrogens with zero attached hydrogens (tertiary/aromatic N) is 4. The number of pyridine rings is 1. The number of hydrogen-bond acceptors (Lipinski definition) is 6. The molecule has 2 aromatic heterocycles. The molecule has 2 N–H and O–H groups in total. The number of aromatic amines is 1. The minimum atomic E-state index is -0.408. The number of piperazine rings is 1. The van der Waals surface area contributed by atoms with E-state index < -0.39 is 6.10 Å². The molecule has 190 valence electrons. The van der Waals surface area contributed by atoms with Gasteiger partial charge >= 0.3 is 0 Å². The topological polar surface area (TPSA) is 67.9 Å². The summed E-state index contributed by atoms with van der Waals surface area (Å²) in [4.78, 5) is 15.2. The predicted octanol–water partition coefficient (Wildman–Crippen LogP) is 4.00. The van der Waals surface area contributed by atoms with Crippen molar-refractivity contribution < 1.29 is 9.84 Å². The van der Waals surface area contributed by atoms with Gasteiger partial charge in [-0.1, -0.05) is 30.3 Å². The van der Waals surface area contributed by atoms with Crippen molar-refractivity contribution in [1.29, 1.82) is 0 Å². The number of benzene rings is 2. The number of anilines is 1. The molecule has 0 bridgehead atoms. The Kier molecular flexibility index (Phi) is 5.46. The number of likely N-dealkylation sites (N-methyl/N-ethyl adjacent to an activating group) is 1. The lowest BCUT2D eigenvalue weighted by Gasteiger charge is -2.44. The Hall–Kier alpha value is -3.39. The number of aliphatic hydroxyl groups is 1. The summed E-state index contributed by atoms with van der Waals surface area (Å²) in [7, 11) is 4.27. The summed E-state index contributed by atoms with van der Waals surface area (Å²) in [6.07, 6.45) is 3.55. The average Bonchev–Trinajstić information content (AvgIpc) is 3.34. The third kappa shape index (κ3) is 3.98. The fourth-order valence-corrected chi connectivity index (χ4v) is 6.18. The molecule has 4 aromatic rings. The van der Waals surface area contributed by atoms with Crippen LogP contribution in [0, 0.1) is 5.92 Å². The SMILES string of the molecule is CN1CC(C(O)c2ccc(-c3c[nH]c4ncc(-c5ccc6c(c5)OCC5CN(C)CCN65)cc34)cc2)C1. The van der Waals surface area contributed by atoms with Crippen molar-refractivity contribution in [2.24, 2.45) is 5.92 Å². The number of rotatable bonds is 4. The van der Waals surface area contributed by atoms with Crippen LogP contribution in [0.25, 0.3) is 33.3 Å². The van der Waals surface area contributed by atoms with Gasteiger partial charge in [0.25, 0.3) is 0 Å². The van der Waals surface area contributed by atoms with Crippen LogP contribution < -0.4 is 9.64 Å². The molecule has 2 aromatic carbocycles. The van der Waals surface area contributed by atoms with Gasteiger partial charge in [-0.15, -0.1) is 0 Å². The second-order valence-electron chi connectivity index (χ2n) is 11.0. The van der Waals surface area contributed by atoms with E-state index in [1.54, 1.807) is 0 Å². The van der Waals surface area contributed by atoms with Crippen molar-refractivity contribution in [3.8, 4) is 28.0 Å². The van der Waals surface area contributed by atoms with E-state index in [1.165, 1.54) is 5.69 Å². The van der Waals surface area contributed by atoms with E-state index in [0.29, 0.717) is 12.0 Å². The third-order valence-corrected chi connectivity index (χ3v) is 8.35. The number of fused-ring (bicyclic) bond motifs is 4. The maximum Gasteiger partial charge on any atom is 0.143 e. The van der Waals surface area contributed by atoms with E-state index in [9.17, 15) is 5.11 Å². The predicted molar refractivity (Wildman–Crippen MR) is 147 cm³/mol. The molecule has 37 heavy (non-hydrogen) atoms. The fourth-order valence-electron chi connectivity index (χ4n) is 6.18. The molecule has 0 saturated carbocycles. The van der Waals surface area contributed by atoms with Crippen molar-refractivity contribution in [2.45, 2.75) is 12.1 Å². The first-order valence-electron chi connectivity index (χ1n) is 13.2. The van der Waals surface area contributed by atoms with Gasteiger partial charge in [-0.05, 0) is 49.0 Å². The monoisotopic (exact) mass is 495 g/mol. The Morgan fingerprint density at radius 1 is 0.946 bits per heavy atom. The van der Waals surface area contributed by atoms with Gasteiger partial charge in [-0.2, -0.15) is 0 Å². The molecule has 0 radical (unpaired) electrons. The van der Waals surface area contributed by atoms with Gasteiger partial charge in [0.1, 0.15) is 18.0 Å². The van der Waals surface area contributed by atoms with Gasteiger partial charge in [0.15, 0.2) is 0 Å². The van der Waals surface area contributed by atoms with Crippen molar-refractivity contribution in [2.75, 3.05) is 58.3 Å². The van der Waals surface area contributed by atoms with Crippen LogP contribution in [0.4, 0.5) is 5.69 Å². The lowest BCUT2D eigenvalue weighted by Crippen LogP contribution is -2.56. The Morgan fingerprint density at radius 3 is 2.57 bits per heavy atom. The first-order chi connectivity index (χ1) is 18.0. The van der Waals surface area contributed by atoms with Gasteiger partial charge in [0.05, 0.1) is 17.8 Å². The molecule has 7 rings (SSSR count). The molecule has 3 aliphatic rings. The van der Waals surface area contributed by atoms with E-state index in [0.717, 1.165) is 83.9 Å². The molecular weight excluding hydrogens is 462 g/mol. The van der Waals surface area contributed by atoms with Crippen LogP contribution in [0.5, 0.6) is 5.75 Å². The normalized spacial score (nSPS) is 21.3. The lowest BCUT2D eigenvalue weighted by atomic mass is 9.89. The zero-order valence-corrected chi connectivity index (χ0v) is 21.4. The Bertz CT molecular complexity index is 1440. The molecule has 7 nitrogen and oxygen atoms in total. The highest BCUT2D eigenvalue weighted by Crippen LogP contribution is 2.39. The second kappa shape index (κ2) is 8.87. The van der Waals surface area contributed by atoms with Gasteiger partial charge in [-0.3, -0.25) is 0 Å². The number of aliphatic hydroxyl groups excluding tert-OH is 1. The summed E-state index contributed by atoms with van der Waals surface area (Å²) in [5.41, 5.74) is 7.45. The van der Waals surface area contributed by atoms with Gasteiger partial charge < -0.3 is 29.5 Å². The van der Waals surface area contributed by atoms with Gasteiger partial charge in [-0.25, -0.2) is 4.98 Å². The number of H-pyrrole nitrogens is 1. The zero-order valence-electron chi connectivity index (χ0n) is 21.4. The molecule has 2 fully saturated rings. The minimum absolute atomic E-state index is 0.318. The third-order valence-electron chi connectivity index (χ3n) is 8.35. The minimum Gasteiger partial charge on any atom is -0.489 e. The zero-order chi connectivity index (χ0) is 25.1. The van der Waals surface area contributed by atoms with E-state index in [2.05, 4.69) is 82.3 Å². The summed E-state index contributed by atoms with van der Waals surface area (Å²) in [5, 5.41) is 11.8. The maximum atomic E-state index is 10.7. The Morgan fingerprint density at radius 2 is 1.76 bits per heavy atom. The van der Waals surface area contributed by atoms with Crippen molar-refractivity contribution in [1.82, 2.24) is 19.8 Å². The summed E-state index contributed by atoms with van der Waals surface area (Å²) in [6.45, 7) is 5.77. The highest BCUT2D eigenvalue weighted by molar-refractivity contribution is 5.96. The van der Waals surface area contributed by atoms with E-state index in [-0.39, 0.29) is 0 Å². The van der Waals surface area contributed by atoms with Crippen LogP contribution >= 0.6 is 0 Å². The summed E-state index contributed by atoms with van der Waals surface area (Å²) < 4.78 is 6.22. The molecular formula is C30H33N5O2. The molecule has 2 saturated heterocycles. The number of likely N-dealkylation sites (tertiary alicyclic amines) is 1. The van der Waals surface area contributed by atoms with Gasteiger partial charge in [0, 0.05) is 67.5 Å². The van der Waals surface area contributed by atoms with Crippen LogP contribution in [0.1, 0.15) is 11.7 Å². The highest BCUT2D eigenvalue weighted by Gasteiger charge is 2.32. The molecule has 0 amide bonds. The average molecular weight is 496 g/mol. The molecule has 0 aliphatic carbocycles. The van der Waals surface area contributed by atoms with Crippen LogP contribution in [-0.2, 0) is 0 Å². The number of ether oxygens (including phenoxy) is 1. The van der Waals surface area contributed by atoms with Crippen molar-refractivity contribution in [3.05, 3.63) is 66.5 Å². The molecule has 2 atom stereocenters. The number of hydrogen-bond donors (Lipinski definition) is 2. The maximum absolute atomic E-state index is 10.7.